The second-order valence-electron chi connectivity index (χ2n) is 4.13. The van der Waals surface area contributed by atoms with Gasteiger partial charge in [-0.25, -0.2) is 0 Å². The van der Waals surface area contributed by atoms with Crippen LogP contribution in [-0.2, 0) is 9.59 Å². The highest BCUT2D eigenvalue weighted by molar-refractivity contribution is 5.77. The van der Waals surface area contributed by atoms with Gasteiger partial charge in [0, 0.05) is 12.5 Å². The number of carboxylic acid groups (broad SMARTS) is 1. The summed E-state index contributed by atoms with van der Waals surface area (Å²) in [6.07, 6.45) is -6.55. The SMILES string of the molecule is CC(C)C(CC(=O)O)NC(=O)CCC(F)(F)F. The lowest BCUT2D eigenvalue weighted by molar-refractivity contribution is -0.145. The van der Waals surface area contributed by atoms with E-state index >= 15 is 0 Å². The van der Waals surface area contributed by atoms with E-state index in [1.807, 2.05) is 0 Å². The van der Waals surface area contributed by atoms with E-state index in [1.165, 1.54) is 0 Å². The molecule has 0 aliphatic heterocycles. The average molecular weight is 255 g/mol. The van der Waals surface area contributed by atoms with Crippen molar-refractivity contribution in [3.05, 3.63) is 0 Å². The van der Waals surface area contributed by atoms with Crippen molar-refractivity contribution in [1.29, 1.82) is 0 Å². The second kappa shape index (κ2) is 6.46. The number of rotatable bonds is 6. The summed E-state index contributed by atoms with van der Waals surface area (Å²) >= 11 is 0. The highest BCUT2D eigenvalue weighted by Gasteiger charge is 2.28. The first-order valence-electron chi connectivity index (χ1n) is 5.19. The Hall–Kier alpha value is -1.27. The van der Waals surface area contributed by atoms with Crippen LogP contribution in [0.1, 0.15) is 33.1 Å². The van der Waals surface area contributed by atoms with Gasteiger partial charge >= 0.3 is 12.1 Å². The molecule has 1 amide bonds. The third-order valence-electron chi connectivity index (χ3n) is 2.18. The predicted octanol–water partition coefficient (Wildman–Crippen LogP) is 1.94. The van der Waals surface area contributed by atoms with Crippen LogP contribution in [-0.4, -0.2) is 29.2 Å². The Morgan fingerprint density at radius 3 is 2.18 bits per heavy atom. The van der Waals surface area contributed by atoms with Gasteiger partial charge in [-0.3, -0.25) is 9.59 Å². The first-order valence-corrected chi connectivity index (χ1v) is 5.19. The van der Waals surface area contributed by atoms with Gasteiger partial charge in [-0.1, -0.05) is 13.8 Å². The zero-order valence-electron chi connectivity index (χ0n) is 9.67. The van der Waals surface area contributed by atoms with Crippen LogP contribution in [0.5, 0.6) is 0 Å². The van der Waals surface area contributed by atoms with E-state index in [0.717, 1.165) is 0 Å². The van der Waals surface area contributed by atoms with Gasteiger partial charge in [-0.05, 0) is 5.92 Å². The first kappa shape index (κ1) is 15.7. The van der Waals surface area contributed by atoms with Gasteiger partial charge in [0.2, 0.25) is 5.91 Å². The number of aliphatic carboxylic acids is 1. The normalized spacial score (nSPS) is 13.5. The number of nitrogens with one attached hydrogen (secondary N) is 1. The van der Waals surface area contributed by atoms with Gasteiger partial charge in [-0.15, -0.1) is 0 Å². The number of alkyl halides is 3. The van der Waals surface area contributed by atoms with Gasteiger partial charge in [-0.2, -0.15) is 13.2 Å². The summed E-state index contributed by atoms with van der Waals surface area (Å²) in [5, 5.41) is 10.9. The number of carboxylic acids is 1. The molecule has 0 aliphatic rings. The largest absolute Gasteiger partial charge is 0.481 e. The molecule has 0 heterocycles. The highest BCUT2D eigenvalue weighted by atomic mass is 19.4. The molecule has 0 radical (unpaired) electrons. The molecule has 0 spiro atoms. The number of hydrogen-bond donors (Lipinski definition) is 2. The van der Waals surface area contributed by atoms with Gasteiger partial charge in [0.25, 0.3) is 0 Å². The maximum atomic E-state index is 11.8. The monoisotopic (exact) mass is 255 g/mol. The maximum Gasteiger partial charge on any atom is 0.389 e. The summed E-state index contributed by atoms with van der Waals surface area (Å²) < 4.78 is 35.5. The van der Waals surface area contributed by atoms with Crippen molar-refractivity contribution in [3.8, 4) is 0 Å². The summed E-state index contributed by atoms with van der Waals surface area (Å²) in [7, 11) is 0. The molecule has 0 aromatic heterocycles. The van der Waals surface area contributed by atoms with Crippen molar-refractivity contribution in [2.24, 2.45) is 5.92 Å². The summed E-state index contributed by atoms with van der Waals surface area (Å²) in [5.74, 6) is -2.02. The molecular weight excluding hydrogens is 239 g/mol. The summed E-state index contributed by atoms with van der Waals surface area (Å²) in [4.78, 5) is 21.7. The van der Waals surface area contributed by atoms with Crippen molar-refractivity contribution in [1.82, 2.24) is 5.32 Å². The lowest BCUT2D eigenvalue weighted by Crippen LogP contribution is -2.40. The molecule has 0 saturated carbocycles. The minimum absolute atomic E-state index is 0.152. The van der Waals surface area contributed by atoms with Crippen LogP contribution in [0.4, 0.5) is 13.2 Å². The van der Waals surface area contributed by atoms with E-state index in [4.69, 9.17) is 5.11 Å². The molecule has 17 heavy (non-hydrogen) atoms. The molecule has 0 bridgehead atoms. The van der Waals surface area contributed by atoms with Crippen LogP contribution >= 0.6 is 0 Å². The quantitative estimate of drug-likeness (QED) is 0.762. The molecule has 7 heteroatoms. The molecule has 4 nitrogen and oxygen atoms in total. The number of carbonyl (C=O) groups excluding carboxylic acids is 1. The van der Waals surface area contributed by atoms with Crippen LogP contribution < -0.4 is 5.32 Å². The topological polar surface area (TPSA) is 66.4 Å². The molecule has 0 saturated heterocycles. The van der Waals surface area contributed by atoms with E-state index in [-0.39, 0.29) is 12.3 Å². The van der Waals surface area contributed by atoms with Gasteiger partial charge in [0.15, 0.2) is 0 Å². The molecule has 0 fully saturated rings. The lowest BCUT2D eigenvalue weighted by atomic mass is 10.0. The van der Waals surface area contributed by atoms with Crippen molar-refractivity contribution >= 4 is 11.9 Å². The molecule has 0 aliphatic carbocycles. The molecule has 0 aromatic carbocycles. The highest BCUT2D eigenvalue weighted by Crippen LogP contribution is 2.21. The maximum absolute atomic E-state index is 11.8. The Labute approximate surface area is 97.2 Å². The van der Waals surface area contributed by atoms with Gasteiger partial charge in [0.05, 0.1) is 12.8 Å². The molecule has 2 N–H and O–H groups in total. The molecule has 1 unspecified atom stereocenters. The Balaban J connectivity index is 4.18. The first-order chi connectivity index (χ1) is 7.61. The third-order valence-corrected chi connectivity index (χ3v) is 2.18. The number of carbonyl (C=O) groups is 2. The van der Waals surface area contributed by atoms with Crippen LogP contribution in [0.15, 0.2) is 0 Å². The minimum atomic E-state index is -4.38. The van der Waals surface area contributed by atoms with Crippen molar-refractivity contribution in [2.75, 3.05) is 0 Å². The molecule has 100 valence electrons. The van der Waals surface area contributed by atoms with E-state index in [0.29, 0.717) is 0 Å². The Bertz CT molecular complexity index is 276. The van der Waals surface area contributed by atoms with Gasteiger partial charge < -0.3 is 10.4 Å². The standard InChI is InChI=1S/C10H16F3NO3/c1-6(2)7(5-9(16)17)14-8(15)3-4-10(11,12)13/h6-7H,3-5H2,1-2H3,(H,14,15)(H,16,17). The zero-order chi connectivity index (χ0) is 13.6. The molecule has 1 atom stereocenters. The average Bonchev–Trinajstić information content (AvgIpc) is 2.11. The van der Waals surface area contributed by atoms with Gasteiger partial charge in [0.1, 0.15) is 0 Å². The second-order valence-corrected chi connectivity index (χ2v) is 4.13. The van der Waals surface area contributed by atoms with E-state index < -0.39 is 36.9 Å². The van der Waals surface area contributed by atoms with Crippen LogP contribution in [0.2, 0.25) is 0 Å². The number of amides is 1. The fraction of sp³-hybridized carbons (Fsp3) is 0.800. The lowest BCUT2D eigenvalue weighted by Gasteiger charge is -2.20. The fourth-order valence-electron chi connectivity index (χ4n) is 1.18. The van der Waals surface area contributed by atoms with Crippen LogP contribution in [0.3, 0.4) is 0 Å². The zero-order valence-corrected chi connectivity index (χ0v) is 9.67. The predicted molar refractivity (Wildman–Crippen MR) is 54.3 cm³/mol. The van der Waals surface area contributed by atoms with E-state index in [1.54, 1.807) is 13.8 Å². The summed E-state index contributed by atoms with van der Waals surface area (Å²) in [5.41, 5.74) is 0. The summed E-state index contributed by atoms with van der Waals surface area (Å²) in [6.45, 7) is 3.38. The Morgan fingerprint density at radius 2 is 1.82 bits per heavy atom. The van der Waals surface area contributed by atoms with Crippen molar-refractivity contribution in [3.63, 3.8) is 0 Å². The summed E-state index contributed by atoms with van der Waals surface area (Å²) in [6, 6.07) is -0.645. The fourth-order valence-corrected chi connectivity index (χ4v) is 1.18. The number of hydrogen-bond acceptors (Lipinski definition) is 2. The Kier molecular flexibility index (Phi) is 5.98. The van der Waals surface area contributed by atoms with E-state index in [2.05, 4.69) is 5.32 Å². The molecular formula is C10H16F3NO3. The van der Waals surface area contributed by atoms with Crippen molar-refractivity contribution in [2.45, 2.75) is 45.3 Å². The third kappa shape index (κ3) is 8.53. The van der Waals surface area contributed by atoms with Crippen molar-refractivity contribution < 1.29 is 27.9 Å². The van der Waals surface area contributed by atoms with Crippen LogP contribution in [0, 0.1) is 5.92 Å². The molecule has 0 aromatic rings. The molecule has 0 rings (SSSR count). The smallest absolute Gasteiger partial charge is 0.389 e. The minimum Gasteiger partial charge on any atom is -0.481 e. The van der Waals surface area contributed by atoms with E-state index in [9.17, 15) is 22.8 Å². The number of halogens is 3. The van der Waals surface area contributed by atoms with Crippen LogP contribution in [0.25, 0.3) is 0 Å². The Morgan fingerprint density at radius 1 is 1.29 bits per heavy atom.